The summed E-state index contributed by atoms with van der Waals surface area (Å²) in [6, 6.07) is 6.78. The van der Waals surface area contributed by atoms with E-state index < -0.39 is 41.3 Å². The van der Waals surface area contributed by atoms with Crippen molar-refractivity contribution in [2.24, 2.45) is 5.73 Å². The van der Waals surface area contributed by atoms with E-state index in [-0.39, 0.29) is 37.2 Å². The van der Waals surface area contributed by atoms with Gasteiger partial charge in [0, 0.05) is 25.1 Å². The number of rotatable bonds is 4. The smallest absolute Gasteiger partial charge is 0.332 e. The van der Waals surface area contributed by atoms with Crippen LogP contribution in [0.15, 0.2) is 42.7 Å². The fraction of sp³-hybridized carbons (Fsp3) is 0.273. The summed E-state index contributed by atoms with van der Waals surface area (Å²) in [6.07, 6.45) is -4.24. The molecule has 2 heterocycles. The number of nitrogens with two attached hydrogens (primary N) is 1. The van der Waals surface area contributed by atoms with Crippen LogP contribution < -0.4 is 5.73 Å². The second-order valence-corrected chi connectivity index (χ2v) is 7.81. The number of halogens is 6. The number of carbonyl (C=O) groups is 1. The fourth-order valence-electron chi connectivity index (χ4n) is 3.90. The predicted octanol–water partition coefficient (Wildman–Crippen LogP) is 4.11. The van der Waals surface area contributed by atoms with Gasteiger partial charge in [-0.2, -0.15) is 13.2 Å². The maximum absolute atomic E-state index is 13.9. The van der Waals surface area contributed by atoms with Crippen molar-refractivity contribution < 1.29 is 31.1 Å². The number of benzene rings is 2. The third kappa shape index (κ3) is 4.58. The maximum atomic E-state index is 13.9. The van der Waals surface area contributed by atoms with Gasteiger partial charge in [0.25, 0.3) is 0 Å². The van der Waals surface area contributed by atoms with Gasteiger partial charge in [-0.1, -0.05) is 18.2 Å². The highest BCUT2D eigenvalue weighted by Gasteiger charge is 2.39. The molecule has 2 N–H and O–H groups in total. The Morgan fingerprint density at radius 3 is 2.48 bits per heavy atom. The summed E-state index contributed by atoms with van der Waals surface area (Å²) in [5.41, 5.74) is 5.54. The molecule has 0 radical (unpaired) electrons. The van der Waals surface area contributed by atoms with Gasteiger partial charge < -0.3 is 15.2 Å². The van der Waals surface area contributed by atoms with E-state index in [1.165, 1.54) is 9.47 Å². The van der Waals surface area contributed by atoms with Crippen molar-refractivity contribution in [2.45, 2.75) is 38.1 Å². The molecule has 1 aliphatic rings. The molecular weight excluding hydrogens is 450 g/mol. The number of nitrogens with zero attached hydrogens (tertiary/aromatic N) is 3. The monoisotopic (exact) mass is 468 g/mol. The van der Waals surface area contributed by atoms with Crippen molar-refractivity contribution in [3.05, 3.63) is 82.7 Å². The molecule has 0 saturated carbocycles. The van der Waals surface area contributed by atoms with Gasteiger partial charge in [0.15, 0.2) is 17.3 Å². The largest absolute Gasteiger partial charge is 0.435 e. The first-order chi connectivity index (χ1) is 15.5. The lowest BCUT2D eigenvalue weighted by atomic mass is 10.0. The lowest BCUT2D eigenvalue weighted by molar-refractivity contribution is -0.143. The number of para-hydroxylation sites is 1. The first-order valence-corrected chi connectivity index (χ1v) is 9.93. The van der Waals surface area contributed by atoms with Crippen LogP contribution in [0.1, 0.15) is 28.9 Å². The minimum Gasteiger partial charge on any atom is -0.332 e. The molecule has 4 rings (SSSR count). The molecule has 174 valence electrons. The van der Waals surface area contributed by atoms with Crippen molar-refractivity contribution in [1.82, 2.24) is 14.5 Å². The zero-order valence-corrected chi connectivity index (χ0v) is 17.0. The molecule has 33 heavy (non-hydrogen) atoms. The summed E-state index contributed by atoms with van der Waals surface area (Å²) in [4.78, 5) is 17.7. The van der Waals surface area contributed by atoms with Gasteiger partial charge in [0.2, 0.25) is 5.91 Å². The molecule has 0 saturated heterocycles. The Kier molecular flexibility index (Phi) is 5.91. The second kappa shape index (κ2) is 8.54. The maximum Gasteiger partial charge on any atom is 0.435 e. The molecule has 3 aromatic rings. The Bertz CT molecular complexity index is 1210. The van der Waals surface area contributed by atoms with Crippen LogP contribution in [0.25, 0.3) is 5.69 Å². The minimum absolute atomic E-state index is 0.0280. The molecule has 0 fully saturated rings. The standard InChI is InChI=1S/C22H18F6N4O/c23-15-8-17(25)16(24)6-13(15)5-14(29)7-20(33)31-9-12-3-1-2-4-18(12)32-11-30-21(19(32)10-31)22(26,27)28/h1-4,6,8,11,14H,5,7,9-10,29H2/t14-/m1/s1. The van der Waals surface area contributed by atoms with Crippen LogP contribution in [0, 0.1) is 17.5 Å². The number of hydrogen-bond acceptors (Lipinski definition) is 3. The highest BCUT2D eigenvalue weighted by atomic mass is 19.4. The highest BCUT2D eigenvalue weighted by molar-refractivity contribution is 5.77. The first kappa shape index (κ1) is 22.8. The quantitative estimate of drug-likeness (QED) is 0.463. The summed E-state index contributed by atoms with van der Waals surface area (Å²) < 4.78 is 82.3. The summed E-state index contributed by atoms with van der Waals surface area (Å²) in [5.74, 6) is -4.16. The van der Waals surface area contributed by atoms with Crippen molar-refractivity contribution in [3.8, 4) is 5.69 Å². The summed E-state index contributed by atoms with van der Waals surface area (Å²) >= 11 is 0. The van der Waals surface area contributed by atoms with E-state index in [0.29, 0.717) is 23.4 Å². The SMILES string of the molecule is N[C@@H](CC(=O)N1Cc2ccccc2-n2cnc(C(F)(F)F)c2C1)Cc1cc(F)c(F)cc1F. The van der Waals surface area contributed by atoms with Crippen LogP contribution in [0.4, 0.5) is 26.3 Å². The molecule has 1 atom stereocenters. The zero-order valence-electron chi connectivity index (χ0n) is 17.0. The Hall–Kier alpha value is -3.34. The number of hydrogen-bond donors (Lipinski definition) is 1. The van der Waals surface area contributed by atoms with E-state index >= 15 is 0 Å². The van der Waals surface area contributed by atoms with Crippen LogP contribution >= 0.6 is 0 Å². The molecule has 1 aliphatic heterocycles. The molecule has 11 heteroatoms. The Morgan fingerprint density at radius 1 is 1.06 bits per heavy atom. The Labute approximate surface area is 184 Å². The van der Waals surface area contributed by atoms with Crippen molar-refractivity contribution in [3.63, 3.8) is 0 Å². The summed E-state index contributed by atoms with van der Waals surface area (Å²) in [5, 5.41) is 0. The third-order valence-electron chi connectivity index (χ3n) is 5.45. The van der Waals surface area contributed by atoms with Gasteiger partial charge in [-0.05, 0) is 29.7 Å². The molecule has 1 amide bonds. The van der Waals surface area contributed by atoms with E-state index in [1.54, 1.807) is 24.3 Å². The molecule has 5 nitrogen and oxygen atoms in total. The Balaban J connectivity index is 1.58. The predicted molar refractivity (Wildman–Crippen MR) is 105 cm³/mol. The number of carbonyl (C=O) groups excluding carboxylic acids is 1. The number of aromatic nitrogens is 2. The molecular formula is C22H18F6N4O. The number of fused-ring (bicyclic) bond motifs is 3. The first-order valence-electron chi connectivity index (χ1n) is 9.93. The lowest BCUT2D eigenvalue weighted by Gasteiger charge is -2.23. The van der Waals surface area contributed by atoms with E-state index in [2.05, 4.69) is 4.98 Å². The van der Waals surface area contributed by atoms with Crippen molar-refractivity contribution >= 4 is 5.91 Å². The molecule has 0 spiro atoms. The average Bonchev–Trinajstić information content (AvgIpc) is 3.08. The van der Waals surface area contributed by atoms with E-state index in [9.17, 15) is 31.1 Å². The Morgan fingerprint density at radius 2 is 1.76 bits per heavy atom. The number of alkyl halides is 3. The van der Waals surface area contributed by atoms with E-state index in [1.807, 2.05) is 0 Å². The van der Waals surface area contributed by atoms with Crippen LogP contribution in [0.2, 0.25) is 0 Å². The lowest BCUT2D eigenvalue weighted by Crippen LogP contribution is -2.36. The zero-order chi connectivity index (χ0) is 23.9. The van der Waals surface area contributed by atoms with Crippen molar-refractivity contribution in [2.75, 3.05) is 0 Å². The van der Waals surface area contributed by atoms with Crippen LogP contribution in [-0.2, 0) is 30.5 Å². The molecule has 1 aromatic heterocycles. The van der Waals surface area contributed by atoms with E-state index in [4.69, 9.17) is 5.73 Å². The molecule has 0 aliphatic carbocycles. The van der Waals surface area contributed by atoms with Gasteiger partial charge in [0.1, 0.15) is 12.1 Å². The normalized spacial score (nSPS) is 14.5. The average molecular weight is 468 g/mol. The van der Waals surface area contributed by atoms with Gasteiger partial charge in [-0.15, -0.1) is 0 Å². The van der Waals surface area contributed by atoms with Crippen LogP contribution in [0.5, 0.6) is 0 Å². The summed E-state index contributed by atoms with van der Waals surface area (Å²) in [6.45, 7) is -0.338. The van der Waals surface area contributed by atoms with Crippen molar-refractivity contribution in [1.29, 1.82) is 0 Å². The topological polar surface area (TPSA) is 64.2 Å². The van der Waals surface area contributed by atoms with Crippen LogP contribution in [0.3, 0.4) is 0 Å². The van der Waals surface area contributed by atoms with E-state index in [0.717, 1.165) is 6.33 Å². The molecule has 2 aromatic carbocycles. The number of amides is 1. The minimum atomic E-state index is -4.71. The van der Waals surface area contributed by atoms with Gasteiger partial charge in [-0.3, -0.25) is 4.79 Å². The van der Waals surface area contributed by atoms with Crippen LogP contribution in [-0.4, -0.2) is 26.4 Å². The molecule has 0 bridgehead atoms. The third-order valence-corrected chi connectivity index (χ3v) is 5.45. The number of imidazole rings is 1. The molecule has 0 unspecified atom stereocenters. The fourth-order valence-corrected chi connectivity index (χ4v) is 3.90. The van der Waals surface area contributed by atoms with Gasteiger partial charge in [-0.25, -0.2) is 18.2 Å². The van der Waals surface area contributed by atoms with Gasteiger partial charge in [0.05, 0.1) is 17.9 Å². The summed E-state index contributed by atoms with van der Waals surface area (Å²) in [7, 11) is 0. The second-order valence-electron chi connectivity index (χ2n) is 7.81. The van der Waals surface area contributed by atoms with Gasteiger partial charge >= 0.3 is 6.18 Å². The highest BCUT2D eigenvalue weighted by Crippen LogP contribution is 2.35.